The molecule has 1 aliphatic rings. The molecule has 2 aromatic carbocycles. The summed E-state index contributed by atoms with van der Waals surface area (Å²) in [4.78, 5) is 19.4. The fraction of sp³-hybridized carbons (Fsp3) is 0.333. The summed E-state index contributed by atoms with van der Waals surface area (Å²) in [5.41, 5.74) is 2.39. The van der Waals surface area contributed by atoms with Gasteiger partial charge in [0, 0.05) is 48.3 Å². The number of halogens is 1. The maximum atomic E-state index is 13.0. The number of para-hydroxylation sites is 1. The molecule has 0 unspecified atom stereocenters. The molecule has 0 radical (unpaired) electrons. The van der Waals surface area contributed by atoms with Crippen molar-refractivity contribution in [1.29, 1.82) is 0 Å². The summed E-state index contributed by atoms with van der Waals surface area (Å²) in [5.74, 6) is 0. The molecule has 0 saturated carbocycles. The number of nitrogens with one attached hydrogen (secondary N) is 2. The Kier molecular flexibility index (Phi) is 7.51. The SMILES string of the molecule is Cc1cc(NC(=O)NCCN2CC[C@H](N(C)S(=O)(=O)c3ccc(Br)cc3)C2)c2ccccc2n1. The van der Waals surface area contributed by atoms with E-state index in [1.165, 1.54) is 4.31 Å². The zero-order valence-corrected chi connectivity index (χ0v) is 21.6. The van der Waals surface area contributed by atoms with Gasteiger partial charge in [-0.1, -0.05) is 34.1 Å². The van der Waals surface area contributed by atoms with Gasteiger partial charge in [0.05, 0.1) is 16.1 Å². The van der Waals surface area contributed by atoms with Crippen LogP contribution >= 0.6 is 15.9 Å². The smallest absolute Gasteiger partial charge is 0.319 e. The normalized spacial score (nSPS) is 16.8. The van der Waals surface area contributed by atoms with E-state index in [1.807, 2.05) is 37.3 Å². The summed E-state index contributed by atoms with van der Waals surface area (Å²) < 4.78 is 28.2. The van der Waals surface area contributed by atoms with Gasteiger partial charge in [0.15, 0.2) is 0 Å². The van der Waals surface area contributed by atoms with Gasteiger partial charge in [0.2, 0.25) is 10.0 Å². The Balaban J connectivity index is 1.28. The van der Waals surface area contributed by atoms with Crippen LogP contribution in [0, 0.1) is 6.92 Å². The second kappa shape index (κ2) is 10.4. The van der Waals surface area contributed by atoms with Gasteiger partial charge in [0.1, 0.15) is 0 Å². The maximum absolute atomic E-state index is 13.0. The van der Waals surface area contributed by atoms with Crippen molar-refractivity contribution in [2.45, 2.75) is 24.3 Å². The van der Waals surface area contributed by atoms with Crippen LogP contribution in [-0.2, 0) is 10.0 Å². The Morgan fingerprint density at radius 3 is 2.71 bits per heavy atom. The number of nitrogens with zero attached hydrogens (tertiary/aromatic N) is 3. The lowest BCUT2D eigenvalue weighted by Crippen LogP contribution is -2.40. The molecule has 1 aromatic heterocycles. The average Bonchev–Trinajstić information content (AvgIpc) is 3.27. The van der Waals surface area contributed by atoms with Gasteiger partial charge in [0.25, 0.3) is 0 Å². The minimum absolute atomic E-state index is 0.103. The molecule has 0 bridgehead atoms. The molecular weight excluding hydrogens is 518 g/mol. The van der Waals surface area contributed by atoms with Crippen molar-refractivity contribution in [3.8, 4) is 0 Å². The Morgan fingerprint density at radius 1 is 1.21 bits per heavy atom. The lowest BCUT2D eigenvalue weighted by Gasteiger charge is -2.24. The predicted molar refractivity (Wildman–Crippen MR) is 137 cm³/mol. The quantitative estimate of drug-likeness (QED) is 0.470. The van der Waals surface area contributed by atoms with Crippen LogP contribution in [0.3, 0.4) is 0 Å². The molecule has 1 aliphatic heterocycles. The number of aromatic nitrogens is 1. The van der Waals surface area contributed by atoms with Crippen LogP contribution in [-0.4, -0.2) is 67.9 Å². The molecule has 2 N–H and O–H groups in total. The van der Waals surface area contributed by atoms with Crippen LogP contribution in [0.1, 0.15) is 12.1 Å². The molecule has 3 aromatic rings. The van der Waals surface area contributed by atoms with Crippen molar-refractivity contribution in [1.82, 2.24) is 19.5 Å². The van der Waals surface area contributed by atoms with Gasteiger partial charge >= 0.3 is 6.03 Å². The average molecular weight is 546 g/mol. The van der Waals surface area contributed by atoms with Crippen molar-refractivity contribution < 1.29 is 13.2 Å². The van der Waals surface area contributed by atoms with E-state index in [9.17, 15) is 13.2 Å². The molecule has 180 valence electrons. The van der Waals surface area contributed by atoms with E-state index < -0.39 is 10.0 Å². The van der Waals surface area contributed by atoms with E-state index in [2.05, 4.69) is 36.4 Å². The molecule has 10 heteroatoms. The number of carbonyl (C=O) groups excluding carboxylic acids is 1. The second-order valence-electron chi connectivity index (χ2n) is 8.43. The molecule has 8 nitrogen and oxygen atoms in total. The number of benzene rings is 2. The Labute approximate surface area is 208 Å². The number of hydrogen-bond acceptors (Lipinski definition) is 5. The highest BCUT2D eigenvalue weighted by molar-refractivity contribution is 9.10. The predicted octanol–water partition coefficient (Wildman–Crippen LogP) is 3.82. The lowest BCUT2D eigenvalue weighted by atomic mass is 10.1. The Hall–Kier alpha value is -2.53. The molecule has 2 heterocycles. The number of urea groups is 1. The number of aryl methyl sites for hydroxylation is 1. The monoisotopic (exact) mass is 545 g/mol. The number of likely N-dealkylation sites (N-methyl/N-ethyl adjacent to an activating group) is 1. The third-order valence-electron chi connectivity index (χ3n) is 6.06. The molecule has 1 atom stereocenters. The number of sulfonamides is 1. The highest BCUT2D eigenvalue weighted by atomic mass is 79.9. The van der Waals surface area contributed by atoms with Crippen LogP contribution in [0.4, 0.5) is 10.5 Å². The van der Waals surface area contributed by atoms with Crippen molar-refractivity contribution in [2.24, 2.45) is 0 Å². The fourth-order valence-corrected chi connectivity index (χ4v) is 5.83. The first-order valence-corrected chi connectivity index (χ1v) is 13.3. The summed E-state index contributed by atoms with van der Waals surface area (Å²) in [5, 5.41) is 6.71. The van der Waals surface area contributed by atoms with E-state index in [4.69, 9.17) is 0 Å². The third-order valence-corrected chi connectivity index (χ3v) is 8.51. The first-order chi connectivity index (χ1) is 16.2. The van der Waals surface area contributed by atoms with Crippen LogP contribution in [0.2, 0.25) is 0 Å². The second-order valence-corrected chi connectivity index (χ2v) is 11.3. The number of anilines is 1. The van der Waals surface area contributed by atoms with E-state index in [0.717, 1.165) is 39.7 Å². The van der Waals surface area contributed by atoms with Gasteiger partial charge in [-0.25, -0.2) is 13.2 Å². The van der Waals surface area contributed by atoms with Gasteiger partial charge in [-0.05, 0) is 56.3 Å². The standard InChI is InChI=1S/C24H28BrN5O3S/c1-17-15-23(21-5-3-4-6-22(21)27-17)28-24(31)26-12-14-30-13-11-19(16-30)29(2)34(32,33)20-9-7-18(25)8-10-20/h3-10,15,19H,11-14,16H2,1-2H3,(H2,26,27,28,31)/t19-/m0/s1. The topological polar surface area (TPSA) is 94.6 Å². The molecule has 4 rings (SSSR count). The molecule has 0 aliphatic carbocycles. The van der Waals surface area contributed by atoms with Gasteiger partial charge in [-0.15, -0.1) is 0 Å². The van der Waals surface area contributed by atoms with Crippen molar-refractivity contribution in [2.75, 3.05) is 38.5 Å². The number of hydrogen-bond donors (Lipinski definition) is 2. The molecular formula is C24H28BrN5O3S. The number of fused-ring (bicyclic) bond motifs is 1. The van der Waals surface area contributed by atoms with Crippen LogP contribution < -0.4 is 10.6 Å². The number of carbonyl (C=O) groups is 1. The van der Waals surface area contributed by atoms with Gasteiger partial charge in [-0.3, -0.25) is 9.88 Å². The number of pyridine rings is 1. The van der Waals surface area contributed by atoms with E-state index in [0.29, 0.717) is 19.6 Å². The highest BCUT2D eigenvalue weighted by Crippen LogP contribution is 2.24. The van der Waals surface area contributed by atoms with Crippen molar-refractivity contribution in [3.05, 3.63) is 64.8 Å². The Morgan fingerprint density at radius 2 is 1.94 bits per heavy atom. The molecule has 34 heavy (non-hydrogen) atoms. The molecule has 0 spiro atoms. The summed E-state index contributed by atoms with van der Waals surface area (Å²) in [7, 11) is -1.91. The van der Waals surface area contributed by atoms with Crippen LogP contribution in [0.25, 0.3) is 10.9 Å². The van der Waals surface area contributed by atoms with Gasteiger partial charge in [-0.2, -0.15) is 4.31 Å². The zero-order chi connectivity index (χ0) is 24.3. The lowest BCUT2D eigenvalue weighted by molar-refractivity contribution is 0.248. The number of rotatable bonds is 7. The molecule has 1 saturated heterocycles. The van der Waals surface area contributed by atoms with E-state index >= 15 is 0 Å². The third kappa shape index (κ3) is 5.57. The van der Waals surface area contributed by atoms with Crippen molar-refractivity contribution in [3.63, 3.8) is 0 Å². The zero-order valence-electron chi connectivity index (χ0n) is 19.2. The van der Waals surface area contributed by atoms with Gasteiger partial charge < -0.3 is 10.6 Å². The number of amides is 2. The minimum atomic E-state index is -3.55. The Bertz CT molecular complexity index is 1280. The largest absolute Gasteiger partial charge is 0.337 e. The minimum Gasteiger partial charge on any atom is -0.337 e. The van der Waals surface area contributed by atoms with Crippen molar-refractivity contribution >= 4 is 48.6 Å². The first-order valence-electron chi connectivity index (χ1n) is 11.1. The fourth-order valence-electron chi connectivity index (χ4n) is 4.19. The molecule has 2 amide bonds. The summed E-state index contributed by atoms with van der Waals surface area (Å²) >= 11 is 3.34. The van der Waals surface area contributed by atoms with E-state index in [1.54, 1.807) is 31.3 Å². The summed E-state index contributed by atoms with van der Waals surface area (Å²) in [6.07, 6.45) is 0.751. The van der Waals surface area contributed by atoms with Crippen LogP contribution in [0.5, 0.6) is 0 Å². The summed E-state index contributed by atoms with van der Waals surface area (Å²) in [6, 6.07) is 15.8. The van der Waals surface area contributed by atoms with Crippen LogP contribution in [0.15, 0.2) is 64.0 Å². The highest BCUT2D eigenvalue weighted by Gasteiger charge is 2.33. The number of likely N-dealkylation sites (tertiary alicyclic amines) is 1. The first kappa shape index (κ1) is 24.6. The van der Waals surface area contributed by atoms with E-state index in [-0.39, 0.29) is 17.0 Å². The molecule has 1 fully saturated rings. The summed E-state index contributed by atoms with van der Waals surface area (Å²) in [6.45, 7) is 4.41. The maximum Gasteiger partial charge on any atom is 0.319 e.